The van der Waals surface area contributed by atoms with Gasteiger partial charge in [0.15, 0.2) is 0 Å². The van der Waals surface area contributed by atoms with Crippen molar-refractivity contribution < 1.29 is 5.11 Å². The molecule has 1 aromatic heterocycles. The van der Waals surface area contributed by atoms with Gasteiger partial charge < -0.3 is 5.11 Å². The van der Waals surface area contributed by atoms with Crippen molar-refractivity contribution in [3.8, 4) is 16.2 Å². The summed E-state index contributed by atoms with van der Waals surface area (Å²) in [5.41, 5.74) is 6.28. The van der Waals surface area contributed by atoms with E-state index in [0.29, 0.717) is 5.75 Å². The van der Waals surface area contributed by atoms with E-state index >= 15 is 0 Å². The summed E-state index contributed by atoms with van der Waals surface area (Å²) >= 11 is 5.56. The van der Waals surface area contributed by atoms with Crippen LogP contribution < -0.4 is 0 Å². The second-order valence-electron chi connectivity index (χ2n) is 8.33. The van der Waals surface area contributed by atoms with Gasteiger partial charge in [-0.15, -0.1) is 0 Å². The summed E-state index contributed by atoms with van der Waals surface area (Å²) in [4.78, 5) is 6.26. The molecule has 0 radical (unpaired) electrons. The minimum Gasteiger partial charge on any atom is -0.508 e. The summed E-state index contributed by atoms with van der Waals surface area (Å²) in [6.45, 7) is 10.4. The second-order valence-corrected chi connectivity index (χ2v) is 11.2. The van der Waals surface area contributed by atoms with Crippen molar-refractivity contribution in [2.24, 2.45) is 0 Å². The van der Waals surface area contributed by atoms with Gasteiger partial charge >= 0.3 is 0 Å². The first-order valence-corrected chi connectivity index (χ1v) is 13.5. The molecule has 6 heteroatoms. The van der Waals surface area contributed by atoms with Crippen LogP contribution in [0, 0.1) is 10.7 Å². The molecule has 3 aromatic rings. The van der Waals surface area contributed by atoms with Gasteiger partial charge in [-0.1, -0.05) is 70.5 Å². The number of benzene rings is 2. The molecule has 3 nitrogen and oxygen atoms in total. The number of aryl methyl sites for hydroxylation is 1. The first kappa shape index (κ1) is 22.6. The summed E-state index contributed by atoms with van der Waals surface area (Å²) in [5, 5.41) is 10.5. The van der Waals surface area contributed by atoms with Crippen molar-refractivity contribution in [2.45, 2.75) is 39.8 Å². The third-order valence-corrected chi connectivity index (χ3v) is 9.27. The highest BCUT2D eigenvalue weighted by molar-refractivity contribution is 7.80. The van der Waals surface area contributed by atoms with Crippen LogP contribution in [0.1, 0.15) is 35.6 Å². The highest BCUT2D eigenvalue weighted by atomic mass is 32.9. The summed E-state index contributed by atoms with van der Waals surface area (Å²) in [5.74, 6) is 0.391. The van der Waals surface area contributed by atoms with Crippen LogP contribution in [0.3, 0.4) is 0 Å². The lowest BCUT2D eigenvalue weighted by atomic mass is 10.0. The minimum absolute atomic E-state index is 0.391. The van der Waals surface area contributed by atoms with Crippen LogP contribution in [0.2, 0.25) is 0 Å². The van der Waals surface area contributed by atoms with Gasteiger partial charge in [-0.25, -0.2) is 0 Å². The Bertz CT molecular complexity index is 1080. The normalized spacial score (nSPS) is 15.4. The Labute approximate surface area is 198 Å². The molecule has 0 atom stereocenters. The van der Waals surface area contributed by atoms with Gasteiger partial charge in [0.25, 0.3) is 0 Å². The van der Waals surface area contributed by atoms with Gasteiger partial charge in [0.1, 0.15) is 9.57 Å². The molecule has 31 heavy (non-hydrogen) atoms. The Kier molecular flexibility index (Phi) is 7.56. The van der Waals surface area contributed by atoms with Crippen LogP contribution in [-0.4, -0.2) is 41.1 Å². The average Bonchev–Trinajstić information content (AvgIpc) is 3.13. The number of phenolic OH excluding ortho intramolecular Hbond substituents is 1. The molecule has 1 N–H and O–H groups in total. The lowest BCUT2D eigenvalue weighted by Gasteiger charge is -2.35. The van der Waals surface area contributed by atoms with Gasteiger partial charge in [-0.2, -0.15) is 0 Å². The molecule has 0 spiro atoms. The van der Waals surface area contributed by atoms with Crippen molar-refractivity contribution in [1.82, 2.24) is 9.80 Å². The zero-order valence-corrected chi connectivity index (χ0v) is 20.7. The van der Waals surface area contributed by atoms with Gasteiger partial charge in [-0.05, 0) is 53.8 Å². The van der Waals surface area contributed by atoms with E-state index in [-0.39, 0.29) is 0 Å². The van der Waals surface area contributed by atoms with Crippen LogP contribution in [0.15, 0.2) is 42.5 Å². The fourth-order valence-corrected chi connectivity index (χ4v) is 7.19. The minimum atomic E-state index is 0.391. The topological polar surface area (TPSA) is 26.7 Å². The van der Waals surface area contributed by atoms with Crippen molar-refractivity contribution >= 4 is 32.9 Å². The molecule has 0 aliphatic carbocycles. The third kappa shape index (κ3) is 5.44. The molecule has 1 fully saturated rings. The fraction of sp³-hybridized carbons (Fsp3) is 0.400. The Hall–Kier alpha value is -1.57. The maximum atomic E-state index is 10.5. The highest BCUT2D eigenvalue weighted by Crippen LogP contribution is 2.37. The van der Waals surface area contributed by atoms with Gasteiger partial charge in [-0.3, -0.25) is 9.80 Å². The molecular weight excluding hydrogens is 440 g/mol. The molecule has 2 heterocycles. The molecular formula is C25H30N2OS3. The molecule has 1 aliphatic heterocycles. The van der Waals surface area contributed by atoms with E-state index in [1.54, 1.807) is 20.7 Å². The molecule has 0 unspecified atom stereocenters. The number of piperazine rings is 1. The van der Waals surface area contributed by atoms with E-state index in [0.717, 1.165) is 61.5 Å². The Morgan fingerprint density at radius 2 is 1.61 bits per heavy atom. The van der Waals surface area contributed by atoms with Crippen LogP contribution in [0.25, 0.3) is 10.4 Å². The summed E-state index contributed by atoms with van der Waals surface area (Å²) in [6.07, 6.45) is 2.12. The number of hydrogen-bond acceptors (Lipinski definition) is 6. The Morgan fingerprint density at radius 3 is 2.29 bits per heavy atom. The molecule has 2 aromatic carbocycles. The first-order chi connectivity index (χ1) is 15.0. The predicted octanol–water partition coefficient (Wildman–Crippen LogP) is 6.49. The number of hydrogen-bond donors (Lipinski definition) is 1. The van der Waals surface area contributed by atoms with E-state index in [1.807, 2.05) is 12.1 Å². The maximum absolute atomic E-state index is 10.5. The van der Waals surface area contributed by atoms with Crippen LogP contribution >= 0.6 is 32.9 Å². The smallest absolute Gasteiger partial charge is 0.120 e. The zero-order chi connectivity index (χ0) is 21.8. The fourth-order valence-electron chi connectivity index (χ4n) is 4.19. The average molecular weight is 471 g/mol. The Balaban J connectivity index is 1.42. The largest absolute Gasteiger partial charge is 0.508 e. The molecule has 1 aliphatic rings. The van der Waals surface area contributed by atoms with Gasteiger partial charge in [0, 0.05) is 44.8 Å². The van der Waals surface area contributed by atoms with E-state index in [9.17, 15) is 5.11 Å². The monoisotopic (exact) mass is 470 g/mol. The Morgan fingerprint density at radius 1 is 0.935 bits per heavy atom. The quantitative estimate of drug-likeness (QED) is 0.315. The molecule has 0 saturated carbocycles. The SMILES string of the molecule is CCCc1c(-c2ccc(O)c(CN3CCN(Cc4ccccc4C)CC3)c2)ssc1=S. The van der Waals surface area contributed by atoms with Gasteiger partial charge in [0.2, 0.25) is 0 Å². The molecule has 0 bridgehead atoms. The maximum Gasteiger partial charge on any atom is 0.120 e. The molecule has 164 valence electrons. The first-order valence-electron chi connectivity index (χ1n) is 11.0. The van der Waals surface area contributed by atoms with E-state index in [2.05, 4.69) is 54.0 Å². The van der Waals surface area contributed by atoms with Crippen LogP contribution in [0.5, 0.6) is 5.75 Å². The van der Waals surface area contributed by atoms with E-state index in [4.69, 9.17) is 12.2 Å². The van der Waals surface area contributed by atoms with Crippen molar-refractivity contribution in [3.05, 3.63) is 68.5 Å². The molecule has 4 rings (SSSR count). The van der Waals surface area contributed by atoms with Crippen LogP contribution in [-0.2, 0) is 19.5 Å². The molecule has 0 amide bonds. The second kappa shape index (κ2) is 10.4. The number of phenols is 1. The number of rotatable bonds is 7. The summed E-state index contributed by atoms with van der Waals surface area (Å²) in [6, 6.07) is 14.7. The lowest BCUT2D eigenvalue weighted by molar-refractivity contribution is 0.121. The highest BCUT2D eigenvalue weighted by Gasteiger charge is 2.19. The zero-order valence-electron chi connectivity index (χ0n) is 18.3. The van der Waals surface area contributed by atoms with Gasteiger partial charge in [0.05, 0.1) is 4.88 Å². The van der Waals surface area contributed by atoms with Crippen molar-refractivity contribution in [2.75, 3.05) is 26.2 Å². The van der Waals surface area contributed by atoms with Crippen molar-refractivity contribution in [3.63, 3.8) is 0 Å². The van der Waals surface area contributed by atoms with Crippen LogP contribution in [0.4, 0.5) is 0 Å². The van der Waals surface area contributed by atoms with E-state index < -0.39 is 0 Å². The number of aromatic hydroxyl groups is 1. The molecule has 1 saturated heterocycles. The summed E-state index contributed by atoms with van der Waals surface area (Å²) < 4.78 is 1.02. The third-order valence-electron chi connectivity index (χ3n) is 6.08. The van der Waals surface area contributed by atoms with Crippen molar-refractivity contribution in [1.29, 1.82) is 0 Å². The van der Waals surface area contributed by atoms with E-state index in [1.165, 1.54) is 27.1 Å². The summed E-state index contributed by atoms with van der Waals surface area (Å²) in [7, 11) is 3.46. The number of nitrogens with zero attached hydrogens (tertiary/aromatic N) is 2. The standard InChI is InChI=1S/C25H30N2OS3/c1-3-6-22-24(30-31-25(22)29)19-9-10-23(28)21(15-19)17-27-13-11-26(12-14-27)16-20-8-5-4-7-18(20)2/h4-5,7-10,15,28H,3,6,11-14,16-17H2,1-2H3. The lowest BCUT2D eigenvalue weighted by Crippen LogP contribution is -2.45. The predicted molar refractivity (Wildman–Crippen MR) is 136 cm³/mol.